The van der Waals surface area contributed by atoms with Crippen LogP contribution < -0.4 is 10.5 Å². The van der Waals surface area contributed by atoms with Crippen molar-refractivity contribution in [2.45, 2.75) is 97.1 Å². The van der Waals surface area contributed by atoms with Gasteiger partial charge in [0.2, 0.25) is 11.8 Å². The van der Waals surface area contributed by atoms with Crippen LogP contribution in [-0.4, -0.2) is 94.3 Å². The summed E-state index contributed by atoms with van der Waals surface area (Å²) in [4.78, 5) is 56.8. The van der Waals surface area contributed by atoms with Crippen LogP contribution in [0.25, 0.3) is 0 Å². The molecule has 11 nitrogen and oxygen atoms in total. The molecule has 2 fully saturated rings. The van der Waals surface area contributed by atoms with Gasteiger partial charge in [-0.25, -0.2) is 14.5 Å². The number of hydrogen-bond donors (Lipinski definition) is 1. The Morgan fingerprint density at radius 2 is 1.63 bits per heavy atom. The number of nitrogens with two attached hydrogens (primary N) is 1. The molecule has 0 spiro atoms. The van der Waals surface area contributed by atoms with Crippen molar-refractivity contribution in [2.75, 3.05) is 26.2 Å². The molecule has 2 atom stereocenters. The summed E-state index contributed by atoms with van der Waals surface area (Å²) in [6, 6.07) is 3.84. The molecule has 0 saturated carbocycles. The van der Waals surface area contributed by atoms with Crippen LogP contribution >= 0.6 is 11.6 Å². The van der Waals surface area contributed by atoms with E-state index >= 15 is 0 Å². The van der Waals surface area contributed by atoms with Crippen LogP contribution in [0.3, 0.4) is 0 Å². The predicted molar refractivity (Wildman–Crippen MR) is 154 cm³/mol. The number of hydrogen-bond acceptors (Lipinski definition) is 8. The van der Waals surface area contributed by atoms with Gasteiger partial charge in [-0.1, -0.05) is 17.7 Å². The molecule has 2 aliphatic rings. The van der Waals surface area contributed by atoms with E-state index in [1.54, 1.807) is 52.5 Å². The summed E-state index contributed by atoms with van der Waals surface area (Å²) < 4.78 is 17.2. The summed E-state index contributed by atoms with van der Waals surface area (Å²) in [6.45, 7) is 12.5. The Labute approximate surface area is 247 Å². The summed E-state index contributed by atoms with van der Waals surface area (Å²) in [5.74, 6) is -0.332. The topological polar surface area (TPSA) is 132 Å². The molecule has 0 unspecified atom stereocenters. The minimum atomic E-state index is -0.936. The molecular weight excluding hydrogens is 552 g/mol. The molecule has 0 aromatic heterocycles. The highest BCUT2D eigenvalue weighted by Gasteiger charge is 2.48. The third kappa shape index (κ3) is 8.72. The highest BCUT2D eigenvalue weighted by atomic mass is 35.5. The summed E-state index contributed by atoms with van der Waals surface area (Å²) in [6.07, 6.45) is -0.500. The van der Waals surface area contributed by atoms with E-state index in [0.29, 0.717) is 36.7 Å². The molecule has 2 N–H and O–H groups in total. The highest BCUT2D eigenvalue weighted by molar-refractivity contribution is 6.32. The molecule has 1 aromatic rings. The first kappa shape index (κ1) is 32.5. The van der Waals surface area contributed by atoms with Crippen LogP contribution in [0.2, 0.25) is 5.02 Å². The van der Waals surface area contributed by atoms with Crippen molar-refractivity contribution in [3.8, 4) is 5.75 Å². The number of piperidine rings is 1. The van der Waals surface area contributed by atoms with Gasteiger partial charge in [0.1, 0.15) is 29.1 Å². The molecular formula is C29H43ClN4O7. The number of halogens is 1. The average molecular weight is 595 g/mol. The number of nitrogens with zero attached hydrogens (tertiary/aromatic N) is 3. The average Bonchev–Trinajstić information content (AvgIpc) is 3.29. The molecule has 0 radical (unpaired) electrons. The van der Waals surface area contributed by atoms with Crippen molar-refractivity contribution in [3.63, 3.8) is 0 Å². The van der Waals surface area contributed by atoms with Crippen LogP contribution in [0.1, 0.15) is 66.4 Å². The molecule has 4 amide bonds. The lowest BCUT2D eigenvalue weighted by molar-refractivity contribution is -0.138. The number of aryl methyl sites for hydroxylation is 1. The van der Waals surface area contributed by atoms with Gasteiger partial charge >= 0.3 is 12.2 Å². The molecule has 0 aliphatic carbocycles. The van der Waals surface area contributed by atoms with Crippen molar-refractivity contribution < 1.29 is 33.4 Å². The predicted octanol–water partition coefficient (Wildman–Crippen LogP) is 4.12. The molecule has 1 aromatic carbocycles. The van der Waals surface area contributed by atoms with Gasteiger partial charge in [0.05, 0.1) is 17.6 Å². The Kier molecular flexibility index (Phi) is 10.2. The van der Waals surface area contributed by atoms with Gasteiger partial charge in [-0.05, 0) is 72.6 Å². The zero-order valence-corrected chi connectivity index (χ0v) is 25.8. The van der Waals surface area contributed by atoms with E-state index in [-0.39, 0.29) is 25.0 Å². The van der Waals surface area contributed by atoms with Gasteiger partial charge in [0.25, 0.3) is 0 Å². The van der Waals surface area contributed by atoms with Crippen molar-refractivity contribution in [1.82, 2.24) is 14.7 Å². The summed E-state index contributed by atoms with van der Waals surface area (Å²) in [5, 5.41) is 0.528. The van der Waals surface area contributed by atoms with E-state index in [1.807, 2.05) is 19.1 Å². The lowest BCUT2D eigenvalue weighted by Gasteiger charge is -2.35. The van der Waals surface area contributed by atoms with Crippen LogP contribution in [0.4, 0.5) is 9.59 Å². The first-order chi connectivity index (χ1) is 19.0. The third-order valence-corrected chi connectivity index (χ3v) is 7.04. The molecule has 12 heteroatoms. The van der Waals surface area contributed by atoms with Gasteiger partial charge in [0, 0.05) is 32.5 Å². The Morgan fingerprint density at radius 3 is 2.20 bits per heavy atom. The van der Waals surface area contributed by atoms with E-state index in [4.69, 9.17) is 31.5 Å². The van der Waals surface area contributed by atoms with E-state index in [0.717, 1.165) is 10.5 Å². The zero-order valence-electron chi connectivity index (χ0n) is 25.1. The lowest BCUT2D eigenvalue weighted by Crippen LogP contribution is -2.51. The van der Waals surface area contributed by atoms with Crippen LogP contribution in [0.5, 0.6) is 5.75 Å². The number of imide groups is 1. The van der Waals surface area contributed by atoms with Gasteiger partial charge in [0.15, 0.2) is 0 Å². The largest absolute Gasteiger partial charge is 0.489 e. The van der Waals surface area contributed by atoms with E-state index < -0.39 is 47.9 Å². The second-order valence-corrected chi connectivity index (χ2v) is 13.0. The Balaban J connectivity index is 1.78. The Morgan fingerprint density at radius 1 is 1.02 bits per heavy atom. The highest BCUT2D eigenvalue weighted by Crippen LogP contribution is 2.31. The second kappa shape index (κ2) is 12.9. The van der Waals surface area contributed by atoms with Crippen molar-refractivity contribution >= 4 is 35.6 Å². The van der Waals surface area contributed by atoms with Crippen molar-refractivity contribution in [2.24, 2.45) is 5.73 Å². The van der Waals surface area contributed by atoms with E-state index in [2.05, 4.69) is 0 Å². The first-order valence-electron chi connectivity index (χ1n) is 14.0. The summed E-state index contributed by atoms with van der Waals surface area (Å²) >= 11 is 6.29. The SMILES string of the molecule is Cc1ccc(Cl)c(OC2CCN(C(=O)[C@@H]3C[C@@H](N(C(=O)CN)C(=O)OC(C)(C)C)CN3C(=O)OC(C)(C)C)CC2)c1. The molecule has 0 bridgehead atoms. The molecule has 2 saturated heterocycles. The molecule has 3 rings (SSSR count). The Hall–Kier alpha value is -3.05. The minimum absolute atomic E-state index is 0.0401. The standard InChI is InChI=1S/C29H43ClN4O7/c1-18-8-9-21(30)23(14-18)39-20-10-12-32(13-11-20)25(36)22-15-19(17-33(22)26(37)40-28(2,3)4)34(24(35)16-31)27(38)41-29(5,6)7/h8-9,14,19-20,22H,10-13,15-17,31H2,1-7H3/t19-,22+/m1/s1. The molecule has 41 heavy (non-hydrogen) atoms. The van der Waals surface area contributed by atoms with Crippen LogP contribution in [0.15, 0.2) is 18.2 Å². The third-order valence-electron chi connectivity index (χ3n) is 6.72. The van der Waals surface area contributed by atoms with Gasteiger partial charge in [-0.15, -0.1) is 0 Å². The quantitative estimate of drug-likeness (QED) is 0.538. The van der Waals surface area contributed by atoms with Gasteiger partial charge in [-0.3, -0.25) is 14.5 Å². The Bertz CT molecular complexity index is 1140. The number of carbonyl (C=O) groups excluding carboxylic acids is 4. The minimum Gasteiger partial charge on any atom is -0.489 e. The monoisotopic (exact) mass is 594 g/mol. The maximum absolute atomic E-state index is 13.8. The smallest absolute Gasteiger partial charge is 0.417 e. The number of likely N-dealkylation sites (tertiary alicyclic amines) is 2. The van der Waals surface area contributed by atoms with Crippen LogP contribution in [-0.2, 0) is 19.1 Å². The van der Waals surface area contributed by atoms with E-state index in [9.17, 15) is 19.2 Å². The lowest BCUT2D eigenvalue weighted by atomic mass is 10.0. The number of amides is 4. The van der Waals surface area contributed by atoms with Gasteiger partial charge in [-0.2, -0.15) is 0 Å². The van der Waals surface area contributed by atoms with Gasteiger partial charge < -0.3 is 24.8 Å². The molecule has 2 heterocycles. The first-order valence-corrected chi connectivity index (χ1v) is 14.3. The summed E-state index contributed by atoms with van der Waals surface area (Å²) in [5.41, 5.74) is 4.97. The number of rotatable bonds is 5. The van der Waals surface area contributed by atoms with E-state index in [1.165, 1.54) is 4.90 Å². The fourth-order valence-corrected chi connectivity index (χ4v) is 5.07. The fourth-order valence-electron chi connectivity index (χ4n) is 4.91. The number of ether oxygens (including phenoxy) is 3. The summed E-state index contributed by atoms with van der Waals surface area (Å²) in [7, 11) is 0. The maximum Gasteiger partial charge on any atom is 0.417 e. The zero-order chi connectivity index (χ0) is 30.7. The number of carbonyl (C=O) groups is 4. The second-order valence-electron chi connectivity index (χ2n) is 12.6. The maximum atomic E-state index is 13.8. The van der Waals surface area contributed by atoms with Crippen LogP contribution in [0, 0.1) is 6.92 Å². The van der Waals surface area contributed by atoms with Crippen molar-refractivity contribution in [3.05, 3.63) is 28.8 Å². The normalized spacial score (nSPS) is 20.0. The molecule has 228 valence electrons. The number of benzene rings is 1. The fraction of sp³-hybridized carbons (Fsp3) is 0.655. The van der Waals surface area contributed by atoms with Crippen molar-refractivity contribution in [1.29, 1.82) is 0 Å². The molecule has 2 aliphatic heterocycles.